The SMILES string of the molecule is C[C@@H]1COCCN1c1cc(OS(=O)(=O)C(F)(F)F)c2c(F)cnc(-c3ccnn3C3CCCCO3)c2n1. The molecule has 2 fully saturated rings. The Hall–Kier alpha value is -3.04. The summed E-state index contributed by atoms with van der Waals surface area (Å²) >= 11 is 0. The Bertz CT molecular complexity index is 1410. The molecule has 0 spiro atoms. The van der Waals surface area contributed by atoms with Crippen molar-refractivity contribution in [3.05, 3.63) is 30.3 Å². The van der Waals surface area contributed by atoms with Crippen LogP contribution >= 0.6 is 0 Å². The molecule has 10 nitrogen and oxygen atoms in total. The molecule has 5 heterocycles. The van der Waals surface area contributed by atoms with Crippen molar-refractivity contribution < 1.29 is 39.6 Å². The molecule has 0 radical (unpaired) electrons. The van der Waals surface area contributed by atoms with Crippen LogP contribution in [0.3, 0.4) is 0 Å². The van der Waals surface area contributed by atoms with E-state index >= 15 is 4.39 Å². The van der Waals surface area contributed by atoms with Crippen LogP contribution in [0.25, 0.3) is 22.3 Å². The summed E-state index contributed by atoms with van der Waals surface area (Å²) in [6.07, 6.45) is 4.29. The lowest BCUT2D eigenvalue weighted by Gasteiger charge is -2.34. The lowest BCUT2D eigenvalue weighted by molar-refractivity contribution is -0.0499. The van der Waals surface area contributed by atoms with Crippen LogP contribution in [0.4, 0.5) is 23.4 Å². The van der Waals surface area contributed by atoms with Crippen molar-refractivity contribution in [2.75, 3.05) is 31.3 Å². The summed E-state index contributed by atoms with van der Waals surface area (Å²) in [6.45, 7) is 3.25. The minimum absolute atomic E-state index is 0.0834. The quantitative estimate of drug-likeness (QED) is 0.269. The second-order valence-electron chi connectivity index (χ2n) is 8.74. The topological polar surface area (TPSA) is 109 Å². The minimum Gasteiger partial charge on any atom is -0.377 e. The number of fused-ring (bicyclic) bond motifs is 1. The lowest BCUT2D eigenvalue weighted by Crippen LogP contribution is -2.44. The number of alkyl halides is 3. The number of hydrogen-bond donors (Lipinski definition) is 0. The number of halogens is 4. The summed E-state index contributed by atoms with van der Waals surface area (Å²) in [7, 11) is -6.11. The van der Waals surface area contributed by atoms with E-state index in [-0.39, 0.29) is 23.1 Å². The van der Waals surface area contributed by atoms with Crippen LogP contribution < -0.4 is 9.08 Å². The first kappa shape index (κ1) is 25.6. The Balaban J connectivity index is 1.73. The fraction of sp³-hybridized carbons (Fsp3) is 0.500. The molecule has 2 saturated heterocycles. The Kier molecular flexibility index (Phi) is 6.70. The van der Waals surface area contributed by atoms with Gasteiger partial charge in [-0.05, 0) is 32.3 Å². The largest absolute Gasteiger partial charge is 0.534 e. The van der Waals surface area contributed by atoms with E-state index in [9.17, 15) is 21.6 Å². The predicted molar refractivity (Wildman–Crippen MR) is 123 cm³/mol. The highest BCUT2D eigenvalue weighted by Crippen LogP contribution is 2.39. The van der Waals surface area contributed by atoms with Crippen molar-refractivity contribution in [1.29, 1.82) is 0 Å². The van der Waals surface area contributed by atoms with Gasteiger partial charge in [0.25, 0.3) is 0 Å². The van der Waals surface area contributed by atoms with Gasteiger partial charge in [0.05, 0.1) is 36.5 Å². The zero-order chi connectivity index (χ0) is 26.4. The van der Waals surface area contributed by atoms with E-state index in [4.69, 9.17) is 9.47 Å². The highest BCUT2D eigenvalue weighted by molar-refractivity contribution is 7.88. The fourth-order valence-corrected chi connectivity index (χ4v) is 4.90. The Morgan fingerprint density at radius 2 is 2.03 bits per heavy atom. The minimum atomic E-state index is -6.11. The number of morpholine rings is 1. The summed E-state index contributed by atoms with van der Waals surface area (Å²) in [5.74, 6) is -1.86. The molecule has 0 aliphatic carbocycles. The van der Waals surface area contributed by atoms with Crippen LogP contribution in [0.1, 0.15) is 32.4 Å². The van der Waals surface area contributed by atoms with E-state index in [2.05, 4.69) is 19.2 Å². The normalized spacial score (nSPS) is 21.4. The average molecular weight is 546 g/mol. The van der Waals surface area contributed by atoms with E-state index in [0.717, 1.165) is 25.1 Å². The van der Waals surface area contributed by atoms with E-state index in [1.807, 2.05) is 0 Å². The van der Waals surface area contributed by atoms with Crippen molar-refractivity contribution in [3.8, 4) is 17.1 Å². The van der Waals surface area contributed by atoms with Crippen LogP contribution in [-0.4, -0.2) is 66.1 Å². The summed E-state index contributed by atoms with van der Waals surface area (Å²) in [5.41, 5.74) is -5.44. The highest BCUT2D eigenvalue weighted by atomic mass is 32.2. The molecule has 2 aliphatic heterocycles. The maximum atomic E-state index is 15.1. The maximum Gasteiger partial charge on any atom is 0.534 e. The summed E-state index contributed by atoms with van der Waals surface area (Å²) in [4.78, 5) is 10.4. The molecule has 0 amide bonds. The van der Waals surface area contributed by atoms with E-state index in [1.54, 1.807) is 22.6 Å². The van der Waals surface area contributed by atoms with Crippen LogP contribution in [0, 0.1) is 5.82 Å². The summed E-state index contributed by atoms with van der Waals surface area (Å²) in [6, 6.07) is 2.33. The number of anilines is 1. The van der Waals surface area contributed by atoms with E-state index < -0.39 is 38.8 Å². The molecule has 2 aliphatic rings. The Labute approximate surface area is 209 Å². The molecule has 1 unspecified atom stereocenters. The van der Waals surface area contributed by atoms with Crippen molar-refractivity contribution in [2.45, 2.75) is 44.0 Å². The number of pyridine rings is 2. The monoisotopic (exact) mass is 545 g/mol. The van der Waals surface area contributed by atoms with Gasteiger partial charge < -0.3 is 18.6 Å². The number of rotatable bonds is 5. The first-order valence-electron chi connectivity index (χ1n) is 11.6. The Morgan fingerprint density at radius 1 is 1.22 bits per heavy atom. The first-order valence-corrected chi connectivity index (χ1v) is 13.0. The number of nitrogens with zero attached hydrogens (tertiary/aromatic N) is 5. The number of aromatic nitrogens is 4. The van der Waals surface area contributed by atoms with Gasteiger partial charge in [0, 0.05) is 25.4 Å². The van der Waals surface area contributed by atoms with E-state index in [1.165, 1.54) is 6.20 Å². The zero-order valence-corrected chi connectivity index (χ0v) is 20.4. The van der Waals surface area contributed by atoms with Gasteiger partial charge in [0.1, 0.15) is 17.0 Å². The van der Waals surface area contributed by atoms with Crippen molar-refractivity contribution >= 4 is 26.8 Å². The maximum absolute atomic E-state index is 15.1. The van der Waals surface area contributed by atoms with Gasteiger partial charge in [-0.1, -0.05) is 0 Å². The standard InChI is InChI=1S/C22H23F4N5O5S/c1-13-12-34-9-7-30(13)17-10-16(36-37(32,33)22(24,25)26)19-14(23)11-27-20(21(19)29-17)15-5-6-28-31(15)18-4-2-3-8-35-18/h5-6,10-11,13,18H,2-4,7-9,12H2,1H3/t13-,18?/m1/s1. The molecule has 2 atom stereocenters. The van der Waals surface area contributed by atoms with Crippen LogP contribution in [0.5, 0.6) is 5.75 Å². The first-order chi connectivity index (χ1) is 17.6. The van der Waals surface area contributed by atoms with Crippen molar-refractivity contribution in [1.82, 2.24) is 19.7 Å². The lowest BCUT2D eigenvalue weighted by atomic mass is 10.1. The van der Waals surface area contributed by atoms with Gasteiger partial charge >= 0.3 is 15.6 Å². The van der Waals surface area contributed by atoms with Crippen molar-refractivity contribution in [2.24, 2.45) is 0 Å². The van der Waals surface area contributed by atoms with Gasteiger partial charge in [-0.3, -0.25) is 0 Å². The fourth-order valence-electron chi connectivity index (χ4n) is 4.44. The highest BCUT2D eigenvalue weighted by Gasteiger charge is 2.49. The second kappa shape index (κ2) is 9.68. The molecule has 0 N–H and O–H groups in total. The Morgan fingerprint density at radius 3 is 2.73 bits per heavy atom. The number of hydrogen-bond acceptors (Lipinski definition) is 9. The van der Waals surface area contributed by atoms with Gasteiger partial charge in [-0.15, -0.1) is 0 Å². The molecular formula is C22H23F4N5O5S. The van der Waals surface area contributed by atoms with Crippen LogP contribution in [0.2, 0.25) is 0 Å². The van der Waals surface area contributed by atoms with Crippen LogP contribution in [0.15, 0.2) is 24.5 Å². The van der Waals surface area contributed by atoms with Gasteiger partial charge in [0.15, 0.2) is 17.8 Å². The summed E-state index contributed by atoms with van der Waals surface area (Å²) < 4.78 is 95.9. The third-order valence-corrected chi connectivity index (χ3v) is 7.19. The van der Waals surface area contributed by atoms with E-state index in [0.29, 0.717) is 38.5 Å². The molecule has 3 aromatic rings. The molecule has 0 saturated carbocycles. The third-order valence-electron chi connectivity index (χ3n) is 6.23. The zero-order valence-electron chi connectivity index (χ0n) is 19.6. The molecule has 37 heavy (non-hydrogen) atoms. The number of ether oxygens (including phenoxy) is 2. The molecule has 0 aromatic carbocycles. The van der Waals surface area contributed by atoms with Gasteiger partial charge in [-0.2, -0.15) is 26.7 Å². The molecule has 5 rings (SSSR count). The molecule has 15 heteroatoms. The van der Waals surface area contributed by atoms with Crippen molar-refractivity contribution in [3.63, 3.8) is 0 Å². The predicted octanol–water partition coefficient (Wildman–Crippen LogP) is 3.79. The third kappa shape index (κ3) is 4.82. The smallest absolute Gasteiger partial charge is 0.377 e. The second-order valence-corrected chi connectivity index (χ2v) is 10.3. The van der Waals surface area contributed by atoms with Crippen LogP contribution in [-0.2, 0) is 19.6 Å². The molecule has 200 valence electrons. The molecular weight excluding hydrogens is 522 g/mol. The average Bonchev–Trinajstić information content (AvgIpc) is 3.33. The van der Waals surface area contributed by atoms with Gasteiger partial charge in [-0.25, -0.2) is 19.0 Å². The molecule has 3 aromatic heterocycles. The van der Waals surface area contributed by atoms with Gasteiger partial charge in [0.2, 0.25) is 0 Å². The summed E-state index contributed by atoms with van der Waals surface area (Å²) in [5, 5.41) is 3.76. The molecule has 0 bridgehead atoms.